The zero-order chi connectivity index (χ0) is 13.5. The number of rotatable bonds is 6. The van der Waals surface area contributed by atoms with Crippen molar-refractivity contribution in [3.8, 4) is 11.8 Å². The fourth-order valence-corrected chi connectivity index (χ4v) is 1.90. The van der Waals surface area contributed by atoms with Crippen LogP contribution < -0.4 is 15.2 Å². The molecule has 0 bridgehead atoms. The van der Waals surface area contributed by atoms with Gasteiger partial charge in [0.1, 0.15) is 12.9 Å². The highest BCUT2D eigenvalue weighted by molar-refractivity contribution is 5.55. The van der Waals surface area contributed by atoms with Gasteiger partial charge >= 0.3 is 0 Å². The lowest BCUT2D eigenvalue weighted by molar-refractivity contribution is -0.0118. The van der Waals surface area contributed by atoms with Crippen LogP contribution in [0.2, 0.25) is 0 Å². The number of nitrogens with two attached hydrogens (primary N) is 1. The first-order valence-corrected chi connectivity index (χ1v) is 6.79. The zero-order valence-corrected chi connectivity index (χ0v) is 11.3. The van der Waals surface area contributed by atoms with Crippen LogP contribution in [0.3, 0.4) is 0 Å². The Hall–Kier alpha value is -1.56. The summed E-state index contributed by atoms with van der Waals surface area (Å²) in [6.45, 7) is 3.87. The van der Waals surface area contributed by atoms with Crippen molar-refractivity contribution in [1.29, 1.82) is 0 Å². The predicted molar refractivity (Wildman–Crippen MR) is 71.3 cm³/mol. The van der Waals surface area contributed by atoms with Gasteiger partial charge in [-0.25, -0.2) is 0 Å². The molecule has 1 fully saturated rings. The summed E-state index contributed by atoms with van der Waals surface area (Å²) in [5.74, 6) is 0.756. The normalized spacial score (nSPS) is 19.1. The quantitative estimate of drug-likeness (QED) is 0.846. The van der Waals surface area contributed by atoms with E-state index in [4.69, 9.17) is 19.9 Å². The van der Waals surface area contributed by atoms with Crippen molar-refractivity contribution in [3.63, 3.8) is 0 Å². The highest BCUT2D eigenvalue weighted by Crippen LogP contribution is 2.27. The van der Waals surface area contributed by atoms with E-state index in [0.29, 0.717) is 30.7 Å². The number of aromatic nitrogens is 2. The second-order valence-corrected chi connectivity index (χ2v) is 4.55. The minimum Gasteiger partial charge on any atom is -0.476 e. The number of anilines is 1. The van der Waals surface area contributed by atoms with Crippen LogP contribution in [0.15, 0.2) is 6.33 Å². The first-order chi connectivity index (χ1) is 9.31. The first kappa shape index (κ1) is 13.9. The fourth-order valence-electron chi connectivity index (χ4n) is 1.90. The monoisotopic (exact) mass is 267 g/mol. The molecule has 1 aliphatic heterocycles. The van der Waals surface area contributed by atoms with Crippen LogP contribution in [-0.2, 0) is 4.74 Å². The molecule has 2 rings (SSSR count). The van der Waals surface area contributed by atoms with E-state index in [1.807, 2.05) is 6.92 Å². The van der Waals surface area contributed by atoms with E-state index < -0.39 is 0 Å². The molecule has 1 saturated heterocycles. The lowest BCUT2D eigenvalue weighted by Gasteiger charge is -2.22. The molecule has 2 N–H and O–H groups in total. The molecule has 1 aromatic heterocycles. The molecule has 106 valence electrons. The van der Waals surface area contributed by atoms with E-state index in [9.17, 15) is 0 Å². The summed E-state index contributed by atoms with van der Waals surface area (Å²) in [6, 6.07) is 0. The van der Waals surface area contributed by atoms with Gasteiger partial charge in [0.25, 0.3) is 0 Å². The minimum atomic E-state index is 0.128. The second-order valence-electron chi connectivity index (χ2n) is 4.55. The Labute approximate surface area is 113 Å². The average molecular weight is 267 g/mol. The molecule has 0 aliphatic carbocycles. The van der Waals surface area contributed by atoms with E-state index in [2.05, 4.69) is 9.97 Å². The molecule has 0 radical (unpaired) electrons. The van der Waals surface area contributed by atoms with E-state index in [-0.39, 0.29) is 6.10 Å². The Kier molecular flexibility index (Phi) is 5.20. The highest BCUT2D eigenvalue weighted by Gasteiger charge is 2.17. The van der Waals surface area contributed by atoms with Crippen molar-refractivity contribution in [1.82, 2.24) is 9.97 Å². The predicted octanol–water partition coefficient (Wildman–Crippen LogP) is 1.80. The summed E-state index contributed by atoms with van der Waals surface area (Å²) in [5.41, 5.74) is 6.28. The van der Waals surface area contributed by atoms with Crippen LogP contribution in [0.4, 0.5) is 5.69 Å². The van der Waals surface area contributed by atoms with Crippen molar-refractivity contribution >= 4 is 5.69 Å². The van der Waals surface area contributed by atoms with E-state index in [1.165, 1.54) is 12.7 Å². The maximum Gasteiger partial charge on any atom is 0.244 e. The van der Waals surface area contributed by atoms with Gasteiger partial charge in [-0.15, -0.1) is 0 Å². The standard InChI is InChI=1S/C13H21N3O3/c1-2-6-18-12-11(14)13(16-9-15-12)19-8-10-5-3-4-7-17-10/h9-10H,2-8,14H2,1H3. The van der Waals surface area contributed by atoms with Gasteiger partial charge in [-0.05, 0) is 25.7 Å². The third-order valence-corrected chi connectivity index (χ3v) is 2.93. The first-order valence-electron chi connectivity index (χ1n) is 6.79. The molecule has 6 nitrogen and oxygen atoms in total. The van der Waals surface area contributed by atoms with Gasteiger partial charge in [0.15, 0.2) is 5.69 Å². The molecule has 19 heavy (non-hydrogen) atoms. The average Bonchev–Trinajstić information content (AvgIpc) is 2.46. The SMILES string of the molecule is CCCOc1ncnc(OCC2CCCCO2)c1N. The summed E-state index contributed by atoms with van der Waals surface area (Å²) in [5, 5.41) is 0. The van der Waals surface area contributed by atoms with E-state index in [1.54, 1.807) is 0 Å². The third-order valence-electron chi connectivity index (χ3n) is 2.93. The van der Waals surface area contributed by atoms with Crippen molar-refractivity contribution in [2.75, 3.05) is 25.6 Å². The Morgan fingerprint density at radius 3 is 2.79 bits per heavy atom. The lowest BCUT2D eigenvalue weighted by atomic mass is 10.1. The van der Waals surface area contributed by atoms with Gasteiger partial charge in [-0.2, -0.15) is 9.97 Å². The van der Waals surface area contributed by atoms with Gasteiger partial charge in [-0.3, -0.25) is 0 Å². The molecule has 0 aromatic carbocycles. The van der Waals surface area contributed by atoms with Crippen LogP contribution >= 0.6 is 0 Å². The number of nitrogen functional groups attached to an aromatic ring is 1. The van der Waals surface area contributed by atoms with Crippen LogP contribution in [0.25, 0.3) is 0 Å². The molecular weight excluding hydrogens is 246 g/mol. The molecule has 1 aliphatic rings. The fraction of sp³-hybridized carbons (Fsp3) is 0.692. The van der Waals surface area contributed by atoms with Crippen molar-refractivity contribution in [3.05, 3.63) is 6.33 Å². The summed E-state index contributed by atoms with van der Waals surface area (Å²) in [7, 11) is 0. The third kappa shape index (κ3) is 3.96. The number of hydrogen-bond acceptors (Lipinski definition) is 6. The maximum absolute atomic E-state index is 5.92. The molecule has 2 heterocycles. The zero-order valence-electron chi connectivity index (χ0n) is 11.3. The van der Waals surface area contributed by atoms with Gasteiger partial charge in [0.05, 0.1) is 12.7 Å². The highest BCUT2D eigenvalue weighted by atomic mass is 16.5. The van der Waals surface area contributed by atoms with E-state index >= 15 is 0 Å². The molecule has 6 heteroatoms. The Morgan fingerprint density at radius 1 is 1.32 bits per heavy atom. The second kappa shape index (κ2) is 7.13. The van der Waals surface area contributed by atoms with Crippen LogP contribution in [0.1, 0.15) is 32.6 Å². The summed E-state index contributed by atoms with van der Waals surface area (Å²) in [6.07, 6.45) is 5.75. The smallest absolute Gasteiger partial charge is 0.244 e. The van der Waals surface area contributed by atoms with Crippen molar-refractivity contribution < 1.29 is 14.2 Å². The minimum absolute atomic E-state index is 0.128. The molecular formula is C13H21N3O3. The summed E-state index contributed by atoms with van der Waals surface area (Å²) in [4.78, 5) is 8.04. The van der Waals surface area contributed by atoms with Crippen LogP contribution in [0.5, 0.6) is 11.8 Å². The van der Waals surface area contributed by atoms with Crippen molar-refractivity contribution in [2.24, 2.45) is 0 Å². The maximum atomic E-state index is 5.92. The van der Waals surface area contributed by atoms with Gasteiger partial charge < -0.3 is 19.9 Å². The molecule has 1 aromatic rings. The molecule has 1 unspecified atom stereocenters. The largest absolute Gasteiger partial charge is 0.476 e. The topological polar surface area (TPSA) is 79.5 Å². The van der Waals surface area contributed by atoms with Crippen LogP contribution in [-0.4, -0.2) is 35.9 Å². The van der Waals surface area contributed by atoms with Gasteiger partial charge in [0.2, 0.25) is 11.8 Å². The Bertz CT molecular complexity index is 395. The molecule has 0 spiro atoms. The summed E-state index contributed by atoms with van der Waals surface area (Å²) < 4.78 is 16.6. The van der Waals surface area contributed by atoms with Crippen LogP contribution in [0, 0.1) is 0 Å². The molecule has 0 saturated carbocycles. The van der Waals surface area contributed by atoms with E-state index in [0.717, 1.165) is 25.9 Å². The Balaban J connectivity index is 1.91. The van der Waals surface area contributed by atoms with Gasteiger partial charge in [-0.1, -0.05) is 6.92 Å². The molecule has 1 atom stereocenters. The number of ether oxygens (including phenoxy) is 3. The number of nitrogens with zero attached hydrogens (tertiary/aromatic N) is 2. The molecule has 0 amide bonds. The summed E-state index contributed by atoms with van der Waals surface area (Å²) >= 11 is 0. The number of hydrogen-bond donors (Lipinski definition) is 1. The lowest BCUT2D eigenvalue weighted by Crippen LogP contribution is -2.26. The Morgan fingerprint density at radius 2 is 2.11 bits per heavy atom. The van der Waals surface area contributed by atoms with Crippen molar-refractivity contribution in [2.45, 2.75) is 38.7 Å². The van der Waals surface area contributed by atoms with Gasteiger partial charge in [0, 0.05) is 6.61 Å².